The largest absolute Gasteiger partial charge is 0.449 e. The average Bonchev–Trinajstić information content (AvgIpc) is 3.41. The molecule has 34 heavy (non-hydrogen) atoms. The number of fused-ring (bicyclic) bond motifs is 4. The van der Waals surface area contributed by atoms with Crippen LogP contribution in [0.1, 0.15) is 17.0 Å². The van der Waals surface area contributed by atoms with E-state index in [4.69, 9.17) is 9.57 Å². The molecule has 0 fully saturated rings. The molecule has 172 valence electrons. The van der Waals surface area contributed by atoms with Crippen molar-refractivity contribution >= 4 is 23.1 Å². The Morgan fingerprint density at radius 2 is 1.56 bits per heavy atom. The Balaban J connectivity index is 1.04. The van der Waals surface area contributed by atoms with E-state index in [-0.39, 0.29) is 19.1 Å². The van der Waals surface area contributed by atoms with Crippen LogP contribution in [0.2, 0.25) is 0 Å². The van der Waals surface area contributed by atoms with Crippen LogP contribution in [0, 0.1) is 0 Å². The number of carbonyl (C=O) groups is 2. The predicted molar refractivity (Wildman–Crippen MR) is 125 cm³/mol. The van der Waals surface area contributed by atoms with Crippen molar-refractivity contribution in [3.63, 3.8) is 0 Å². The highest BCUT2D eigenvalue weighted by Crippen LogP contribution is 2.44. The van der Waals surface area contributed by atoms with E-state index < -0.39 is 12.1 Å². The first-order valence-electron chi connectivity index (χ1n) is 11.0. The van der Waals surface area contributed by atoms with E-state index >= 15 is 0 Å². The molecule has 9 heteroatoms. The molecule has 0 bridgehead atoms. The Morgan fingerprint density at radius 1 is 0.882 bits per heavy atom. The highest BCUT2D eigenvalue weighted by molar-refractivity contribution is 5.79. The zero-order valence-electron chi connectivity index (χ0n) is 18.3. The maximum Gasteiger partial charge on any atom is 0.407 e. The molecule has 0 unspecified atom stereocenters. The molecule has 0 saturated carbocycles. The summed E-state index contributed by atoms with van der Waals surface area (Å²) in [4.78, 5) is 30.5. The number of benzene rings is 3. The Hall–Kier alpha value is -4.24. The molecule has 0 saturated heterocycles. The van der Waals surface area contributed by atoms with E-state index in [1.807, 2.05) is 36.4 Å². The van der Waals surface area contributed by atoms with E-state index in [2.05, 4.69) is 45.2 Å². The Morgan fingerprint density at radius 3 is 2.32 bits per heavy atom. The second-order valence-electron chi connectivity index (χ2n) is 7.84. The minimum atomic E-state index is -0.517. The van der Waals surface area contributed by atoms with Crippen LogP contribution >= 0.6 is 0 Å². The second-order valence-corrected chi connectivity index (χ2v) is 7.84. The molecular weight excluding hydrogens is 434 g/mol. The molecule has 5 rings (SSSR count). The lowest BCUT2D eigenvalue weighted by Gasteiger charge is -2.14. The summed E-state index contributed by atoms with van der Waals surface area (Å²) >= 11 is 0. The number of hydrogen-bond donors (Lipinski definition) is 2. The van der Waals surface area contributed by atoms with Gasteiger partial charge in [-0.25, -0.2) is 9.59 Å². The van der Waals surface area contributed by atoms with Gasteiger partial charge < -0.3 is 20.2 Å². The van der Waals surface area contributed by atoms with Crippen LogP contribution in [0.4, 0.5) is 4.79 Å². The highest BCUT2D eigenvalue weighted by atomic mass is 16.7. The van der Waals surface area contributed by atoms with Crippen LogP contribution in [-0.4, -0.2) is 53.5 Å². The number of carbonyl (C=O) groups excluding carboxylic acids is 2. The standard InChI is InChI=1S/C25H23N5O4/c31-24(34-30-23-12-6-5-11-22(23)28-29-30)15-26-13-14-27-25(32)33-16-21-19-9-3-1-7-17(19)18-8-2-4-10-20(18)21/h1-12,21,26H,13-16H2,(H,27,32). The van der Waals surface area contributed by atoms with Gasteiger partial charge in [-0.05, 0) is 39.6 Å². The molecule has 1 aliphatic rings. The fourth-order valence-corrected chi connectivity index (χ4v) is 4.14. The maximum atomic E-state index is 12.2. The first-order valence-corrected chi connectivity index (χ1v) is 11.0. The Kier molecular flexibility index (Phi) is 6.17. The molecule has 3 aromatic carbocycles. The van der Waals surface area contributed by atoms with E-state index in [1.54, 1.807) is 12.1 Å². The van der Waals surface area contributed by atoms with Gasteiger partial charge in [-0.2, -0.15) is 0 Å². The summed E-state index contributed by atoms with van der Waals surface area (Å²) in [6.07, 6.45) is -0.500. The normalized spacial score (nSPS) is 12.2. The van der Waals surface area contributed by atoms with Crippen LogP contribution in [0.3, 0.4) is 0 Å². The summed E-state index contributed by atoms with van der Waals surface area (Å²) in [6.45, 7) is 0.889. The van der Waals surface area contributed by atoms with Gasteiger partial charge >= 0.3 is 12.1 Å². The van der Waals surface area contributed by atoms with Gasteiger partial charge in [0.15, 0.2) is 0 Å². The monoisotopic (exact) mass is 457 g/mol. The average molecular weight is 457 g/mol. The third kappa shape index (κ3) is 4.46. The minimum Gasteiger partial charge on any atom is -0.449 e. The van der Waals surface area contributed by atoms with Crippen LogP contribution < -0.4 is 15.5 Å². The number of para-hydroxylation sites is 1. The van der Waals surface area contributed by atoms with Crippen molar-refractivity contribution < 1.29 is 19.2 Å². The quantitative estimate of drug-likeness (QED) is 0.309. The molecule has 1 amide bonds. The molecule has 1 aliphatic carbocycles. The molecular formula is C25H23N5O4. The van der Waals surface area contributed by atoms with Gasteiger partial charge in [0.05, 0.1) is 6.54 Å². The van der Waals surface area contributed by atoms with Crippen molar-refractivity contribution in [2.24, 2.45) is 0 Å². The van der Waals surface area contributed by atoms with E-state index in [0.717, 1.165) is 16.0 Å². The lowest BCUT2D eigenvalue weighted by atomic mass is 9.98. The van der Waals surface area contributed by atoms with E-state index in [9.17, 15) is 9.59 Å². The molecule has 4 aromatic rings. The molecule has 0 aliphatic heterocycles. The zero-order valence-corrected chi connectivity index (χ0v) is 18.3. The SMILES string of the molecule is O=C(CNCCNC(=O)OCC1c2ccccc2-c2ccccc21)On1nnc2ccccc21. The summed E-state index contributed by atoms with van der Waals surface area (Å²) in [6, 6.07) is 23.5. The van der Waals surface area contributed by atoms with Crippen molar-refractivity contribution in [1.29, 1.82) is 0 Å². The zero-order chi connectivity index (χ0) is 23.3. The molecule has 1 heterocycles. The fraction of sp³-hybridized carbons (Fsp3) is 0.200. The number of amides is 1. The van der Waals surface area contributed by atoms with E-state index in [1.165, 1.54) is 11.1 Å². The van der Waals surface area contributed by atoms with Gasteiger partial charge in [0, 0.05) is 19.0 Å². The number of ether oxygens (including phenoxy) is 1. The summed E-state index contributed by atoms with van der Waals surface area (Å²) in [5, 5.41) is 13.3. The molecule has 0 atom stereocenters. The molecule has 0 spiro atoms. The third-order valence-electron chi connectivity index (χ3n) is 5.69. The van der Waals surface area contributed by atoms with Crippen molar-refractivity contribution in [1.82, 2.24) is 25.8 Å². The van der Waals surface area contributed by atoms with Crippen LogP contribution in [0.5, 0.6) is 0 Å². The fourth-order valence-electron chi connectivity index (χ4n) is 4.14. The number of nitrogens with one attached hydrogen (secondary N) is 2. The van der Waals surface area contributed by atoms with Gasteiger partial charge in [-0.3, -0.25) is 0 Å². The van der Waals surface area contributed by atoms with Gasteiger partial charge in [0.25, 0.3) is 0 Å². The lowest BCUT2D eigenvalue weighted by molar-refractivity contribution is -0.144. The van der Waals surface area contributed by atoms with Crippen LogP contribution in [0.15, 0.2) is 72.8 Å². The summed E-state index contributed by atoms with van der Waals surface area (Å²) < 4.78 is 5.49. The van der Waals surface area contributed by atoms with Gasteiger partial charge in [-0.15, -0.1) is 5.10 Å². The minimum absolute atomic E-state index is 0.0129. The Bertz CT molecular complexity index is 1290. The lowest BCUT2D eigenvalue weighted by Crippen LogP contribution is -2.37. The number of rotatable bonds is 8. The highest BCUT2D eigenvalue weighted by Gasteiger charge is 2.28. The van der Waals surface area contributed by atoms with E-state index in [0.29, 0.717) is 24.1 Å². The van der Waals surface area contributed by atoms with Gasteiger partial charge in [-0.1, -0.05) is 65.5 Å². The predicted octanol–water partition coefficient (Wildman–Crippen LogP) is 2.51. The third-order valence-corrected chi connectivity index (χ3v) is 5.69. The number of nitrogens with zero attached hydrogens (tertiary/aromatic N) is 3. The molecule has 2 N–H and O–H groups in total. The summed E-state index contributed by atoms with van der Waals surface area (Å²) in [5.41, 5.74) is 5.93. The number of aromatic nitrogens is 3. The van der Waals surface area contributed by atoms with Crippen LogP contribution in [0.25, 0.3) is 22.2 Å². The molecule has 0 radical (unpaired) electrons. The Labute approximate surface area is 195 Å². The first kappa shape index (κ1) is 21.6. The van der Waals surface area contributed by atoms with Crippen molar-refractivity contribution in [2.45, 2.75) is 5.92 Å². The first-order chi connectivity index (χ1) is 16.7. The van der Waals surface area contributed by atoms with Gasteiger partial charge in [0.2, 0.25) is 0 Å². The molecule has 9 nitrogen and oxygen atoms in total. The number of alkyl carbamates (subject to hydrolysis) is 1. The second kappa shape index (κ2) is 9.72. The van der Waals surface area contributed by atoms with Crippen molar-refractivity contribution in [3.05, 3.63) is 83.9 Å². The summed E-state index contributed by atoms with van der Waals surface area (Å²) in [7, 11) is 0. The van der Waals surface area contributed by atoms with Gasteiger partial charge in [0.1, 0.15) is 17.6 Å². The smallest absolute Gasteiger partial charge is 0.407 e. The van der Waals surface area contributed by atoms with Crippen LogP contribution in [-0.2, 0) is 9.53 Å². The number of hydrogen-bond acceptors (Lipinski definition) is 7. The summed E-state index contributed by atoms with van der Waals surface area (Å²) in [5.74, 6) is -0.504. The van der Waals surface area contributed by atoms with Crippen molar-refractivity contribution in [2.75, 3.05) is 26.2 Å². The topological polar surface area (TPSA) is 107 Å². The van der Waals surface area contributed by atoms with Crippen molar-refractivity contribution in [3.8, 4) is 11.1 Å². The molecule has 1 aromatic heterocycles. The maximum absolute atomic E-state index is 12.2.